The Morgan fingerprint density at radius 2 is 0.533 bits per heavy atom. The summed E-state index contributed by atoms with van der Waals surface area (Å²) in [6.07, 6.45) is 51.2. The minimum atomic E-state index is -4.95. The first-order valence-corrected chi connectivity index (χ1v) is 40.2. The van der Waals surface area contributed by atoms with Gasteiger partial charge in [0, 0.05) is 25.7 Å². The maximum atomic E-state index is 13.0. The van der Waals surface area contributed by atoms with E-state index < -0.39 is 97.5 Å². The first-order valence-electron chi connectivity index (χ1n) is 37.2. The fourth-order valence-corrected chi connectivity index (χ4v) is 12.4. The Kier molecular flexibility index (Phi) is 63.0. The van der Waals surface area contributed by atoms with E-state index in [0.717, 1.165) is 95.8 Å². The maximum absolute atomic E-state index is 13.0. The summed E-state index contributed by atoms with van der Waals surface area (Å²) in [6, 6.07) is 0. The Bertz CT molecular complexity index is 1740. The van der Waals surface area contributed by atoms with Gasteiger partial charge in [-0.05, 0) is 31.6 Å². The average Bonchev–Trinajstić information content (AvgIpc) is 2.97. The first kappa shape index (κ1) is 88.1. The van der Waals surface area contributed by atoms with E-state index in [9.17, 15) is 43.2 Å². The molecule has 534 valence electrons. The molecule has 3 unspecified atom stereocenters. The zero-order chi connectivity index (χ0) is 66.3. The van der Waals surface area contributed by atoms with Crippen molar-refractivity contribution in [1.29, 1.82) is 0 Å². The van der Waals surface area contributed by atoms with Gasteiger partial charge in [0.1, 0.15) is 19.3 Å². The van der Waals surface area contributed by atoms with Crippen LogP contribution in [0.1, 0.15) is 369 Å². The average molecular weight is 1330 g/mol. The molecule has 0 amide bonds. The predicted molar refractivity (Wildman–Crippen MR) is 363 cm³/mol. The normalized spacial score (nSPS) is 14.4. The number of esters is 4. The highest BCUT2D eigenvalue weighted by molar-refractivity contribution is 7.47. The highest BCUT2D eigenvalue weighted by Gasteiger charge is 2.30. The molecule has 0 aromatic carbocycles. The van der Waals surface area contributed by atoms with Crippen LogP contribution in [-0.4, -0.2) is 96.7 Å². The molecule has 0 aliphatic carbocycles. The van der Waals surface area contributed by atoms with Crippen molar-refractivity contribution in [1.82, 2.24) is 0 Å². The van der Waals surface area contributed by atoms with Gasteiger partial charge >= 0.3 is 39.5 Å². The number of hydrogen-bond donors (Lipinski definition) is 3. The molecule has 0 spiro atoms. The molecule has 17 nitrogen and oxygen atoms in total. The van der Waals surface area contributed by atoms with E-state index in [-0.39, 0.29) is 25.7 Å². The van der Waals surface area contributed by atoms with E-state index in [1.165, 1.54) is 193 Å². The number of rotatable bonds is 71. The lowest BCUT2D eigenvalue weighted by Gasteiger charge is -2.21. The van der Waals surface area contributed by atoms with Gasteiger partial charge < -0.3 is 33.8 Å². The zero-order valence-corrected chi connectivity index (χ0v) is 60.1. The molecular formula is C71H138O17P2. The SMILES string of the molecule is CCCCCCCCCCCCCCCCCCCCC(=O)O[C@H](COC(=O)CCCCCCCCCCC(C)CC)COP(=O)(O)OC[C@@H](O)COP(=O)(O)OC[C@@H](COC(=O)CCCCCCCCCCC)OC(=O)CCCCCCCCCCCCC. The summed E-state index contributed by atoms with van der Waals surface area (Å²) in [7, 11) is -9.90. The standard InChI is InChI=1S/C71H138O17P2/c1-6-10-13-16-19-22-24-25-26-27-28-29-30-32-35-42-47-52-57-71(76)88-67(61-82-69(74)55-50-45-40-37-36-38-43-48-53-64(5)9-4)63-86-90(79,80)84-59-65(72)58-83-89(77,78)85-62-66(60-81-68(73)54-49-44-39-33-21-18-15-12-8-3)87-70(75)56-51-46-41-34-31-23-20-17-14-11-7-2/h64-67,72H,6-63H2,1-5H3,(H,77,78)(H,79,80)/t64?,65-,66+,67+/m0/s1. The monoisotopic (exact) mass is 1320 g/mol. The summed E-state index contributed by atoms with van der Waals surface area (Å²) in [5, 5.41) is 10.6. The summed E-state index contributed by atoms with van der Waals surface area (Å²) < 4.78 is 68.3. The van der Waals surface area contributed by atoms with Crippen molar-refractivity contribution in [3.8, 4) is 0 Å². The Hall–Kier alpha value is -1.94. The van der Waals surface area contributed by atoms with Crippen molar-refractivity contribution in [3.63, 3.8) is 0 Å². The van der Waals surface area contributed by atoms with Crippen molar-refractivity contribution < 1.29 is 80.2 Å². The van der Waals surface area contributed by atoms with E-state index in [2.05, 4.69) is 34.6 Å². The number of hydrogen-bond acceptors (Lipinski definition) is 15. The van der Waals surface area contributed by atoms with Gasteiger partial charge in [0.2, 0.25) is 0 Å². The first-order chi connectivity index (χ1) is 43.6. The minimum Gasteiger partial charge on any atom is -0.462 e. The Morgan fingerprint density at radius 1 is 0.311 bits per heavy atom. The predicted octanol–water partition coefficient (Wildman–Crippen LogP) is 20.5. The van der Waals surface area contributed by atoms with E-state index in [1.54, 1.807) is 0 Å². The van der Waals surface area contributed by atoms with Crippen LogP contribution in [0.4, 0.5) is 0 Å². The minimum absolute atomic E-state index is 0.107. The fraction of sp³-hybridized carbons (Fsp3) is 0.944. The van der Waals surface area contributed by atoms with E-state index >= 15 is 0 Å². The van der Waals surface area contributed by atoms with Crippen LogP contribution < -0.4 is 0 Å². The second-order valence-electron chi connectivity index (χ2n) is 25.9. The molecule has 0 heterocycles. The van der Waals surface area contributed by atoms with Crippen LogP contribution in [-0.2, 0) is 65.4 Å². The van der Waals surface area contributed by atoms with Gasteiger partial charge in [-0.3, -0.25) is 37.3 Å². The number of unbranched alkanes of at least 4 members (excludes halogenated alkanes) is 42. The topological polar surface area (TPSA) is 237 Å². The van der Waals surface area contributed by atoms with Gasteiger partial charge in [0.05, 0.1) is 26.4 Å². The molecule has 0 saturated heterocycles. The quantitative estimate of drug-likeness (QED) is 0.0222. The third-order valence-electron chi connectivity index (χ3n) is 16.9. The number of carbonyl (C=O) groups excluding carboxylic acids is 4. The largest absolute Gasteiger partial charge is 0.472 e. The number of carbonyl (C=O) groups is 4. The van der Waals surface area contributed by atoms with Crippen molar-refractivity contribution in [2.24, 2.45) is 5.92 Å². The van der Waals surface area contributed by atoms with Gasteiger partial charge in [-0.2, -0.15) is 0 Å². The Labute approximate surface area is 549 Å². The molecule has 90 heavy (non-hydrogen) atoms. The van der Waals surface area contributed by atoms with Crippen molar-refractivity contribution >= 4 is 39.5 Å². The number of ether oxygens (including phenoxy) is 4. The van der Waals surface area contributed by atoms with Crippen molar-refractivity contribution in [2.75, 3.05) is 39.6 Å². The van der Waals surface area contributed by atoms with E-state index in [0.29, 0.717) is 25.7 Å². The lowest BCUT2D eigenvalue weighted by molar-refractivity contribution is -0.161. The Morgan fingerprint density at radius 3 is 0.789 bits per heavy atom. The molecule has 19 heteroatoms. The molecule has 0 bridgehead atoms. The molecule has 0 fully saturated rings. The third-order valence-corrected chi connectivity index (χ3v) is 18.8. The zero-order valence-electron chi connectivity index (χ0n) is 58.3. The number of phosphoric ester groups is 2. The van der Waals surface area contributed by atoms with Gasteiger partial charge in [-0.25, -0.2) is 9.13 Å². The lowest BCUT2D eigenvalue weighted by atomic mass is 9.99. The molecule has 3 N–H and O–H groups in total. The molecule has 0 aliphatic heterocycles. The van der Waals surface area contributed by atoms with Crippen LogP contribution in [0.15, 0.2) is 0 Å². The lowest BCUT2D eigenvalue weighted by Crippen LogP contribution is -2.30. The fourth-order valence-electron chi connectivity index (χ4n) is 10.8. The second kappa shape index (κ2) is 64.4. The van der Waals surface area contributed by atoms with Crippen LogP contribution >= 0.6 is 15.6 Å². The van der Waals surface area contributed by atoms with Crippen LogP contribution in [0, 0.1) is 5.92 Å². The van der Waals surface area contributed by atoms with Gasteiger partial charge in [0.15, 0.2) is 12.2 Å². The Balaban J connectivity index is 5.21. The number of aliphatic hydroxyl groups excluding tert-OH is 1. The number of aliphatic hydroxyl groups is 1. The van der Waals surface area contributed by atoms with Crippen molar-refractivity contribution in [2.45, 2.75) is 387 Å². The molecule has 0 radical (unpaired) electrons. The summed E-state index contributed by atoms with van der Waals surface area (Å²) in [5.41, 5.74) is 0. The molecule has 0 rings (SSSR count). The number of phosphoric acid groups is 2. The molecule has 0 aromatic rings. The summed E-state index contributed by atoms with van der Waals surface area (Å²) >= 11 is 0. The summed E-state index contributed by atoms with van der Waals surface area (Å²) in [5.74, 6) is -1.34. The maximum Gasteiger partial charge on any atom is 0.472 e. The smallest absolute Gasteiger partial charge is 0.462 e. The van der Waals surface area contributed by atoms with Gasteiger partial charge in [-0.15, -0.1) is 0 Å². The van der Waals surface area contributed by atoms with Crippen LogP contribution in [0.3, 0.4) is 0 Å². The molecule has 0 saturated carbocycles. The molecular weight excluding hydrogens is 1190 g/mol. The van der Waals surface area contributed by atoms with Crippen molar-refractivity contribution in [3.05, 3.63) is 0 Å². The third kappa shape index (κ3) is 63.5. The van der Waals surface area contributed by atoms with Gasteiger partial charge in [0.25, 0.3) is 0 Å². The van der Waals surface area contributed by atoms with E-state index in [1.807, 2.05) is 0 Å². The highest BCUT2D eigenvalue weighted by Crippen LogP contribution is 2.45. The summed E-state index contributed by atoms with van der Waals surface area (Å²) in [6.45, 7) is 7.24. The van der Waals surface area contributed by atoms with E-state index in [4.69, 9.17) is 37.0 Å². The van der Waals surface area contributed by atoms with Gasteiger partial charge in [-0.1, -0.05) is 317 Å². The molecule has 0 aromatic heterocycles. The molecule has 6 atom stereocenters. The highest BCUT2D eigenvalue weighted by atomic mass is 31.2. The van der Waals surface area contributed by atoms with Crippen LogP contribution in [0.25, 0.3) is 0 Å². The second-order valence-corrected chi connectivity index (χ2v) is 28.8. The van der Waals surface area contributed by atoms with Crippen LogP contribution in [0.5, 0.6) is 0 Å². The van der Waals surface area contributed by atoms with Crippen LogP contribution in [0.2, 0.25) is 0 Å². The molecule has 0 aliphatic rings. The summed E-state index contributed by atoms with van der Waals surface area (Å²) in [4.78, 5) is 72.5.